The lowest BCUT2D eigenvalue weighted by Crippen LogP contribution is -2.12. The van der Waals surface area contributed by atoms with E-state index in [4.69, 9.17) is 16.0 Å². The molecule has 0 saturated carbocycles. The Bertz CT molecular complexity index is 1430. The van der Waals surface area contributed by atoms with Crippen molar-refractivity contribution in [3.05, 3.63) is 93.8 Å². The Morgan fingerprint density at radius 3 is 2.76 bits per heavy atom. The lowest BCUT2D eigenvalue weighted by atomic mass is 10.3. The highest BCUT2D eigenvalue weighted by molar-refractivity contribution is 7.98. The molecule has 0 bridgehead atoms. The van der Waals surface area contributed by atoms with Crippen LogP contribution < -0.4 is 5.32 Å². The summed E-state index contributed by atoms with van der Waals surface area (Å²) in [6.45, 7) is 0. The second-order valence-corrected chi connectivity index (χ2v) is 9.30. The van der Waals surface area contributed by atoms with E-state index < -0.39 is 0 Å². The van der Waals surface area contributed by atoms with Gasteiger partial charge in [0.25, 0.3) is 5.91 Å². The molecule has 170 valence electrons. The quantitative estimate of drug-likeness (QED) is 0.257. The number of furan rings is 1. The van der Waals surface area contributed by atoms with Gasteiger partial charge in [-0.05, 0) is 54.6 Å². The molecule has 0 aliphatic heterocycles. The highest BCUT2D eigenvalue weighted by atomic mass is 35.5. The fourth-order valence-corrected chi connectivity index (χ4v) is 5.04. The van der Waals surface area contributed by atoms with Crippen LogP contribution >= 0.6 is 34.7 Å². The molecule has 34 heavy (non-hydrogen) atoms. The first kappa shape index (κ1) is 22.3. The minimum absolute atomic E-state index is 0.289. The van der Waals surface area contributed by atoms with Gasteiger partial charge in [-0.25, -0.2) is 9.37 Å². The zero-order valence-electron chi connectivity index (χ0n) is 17.3. The number of carbonyl (C=O) groups is 1. The van der Waals surface area contributed by atoms with E-state index in [0.29, 0.717) is 33.2 Å². The Morgan fingerprint density at radius 1 is 1.15 bits per heavy atom. The molecule has 1 N–H and O–H groups in total. The minimum atomic E-state index is -0.369. The van der Waals surface area contributed by atoms with E-state index in [1.807, 2.05) is 28.8 Å². The molecule has 0 atom stereocenters. The number of amides is 1. The lowest BCUT2D eigenvalue weighted by molar-refractivity contribution is 0.102. The molecular formula is C23H15ClFN5O2S2. The van der Waals surface area contributed by atoms with Crippen molar-refractivity contribution < 1.29 is 13.6 Å². The first-order valence-corrected chi connectivity index (χ1v) is 12.2. The van der Waals surface area contributed by atoms with Crippen LogP contribution in [0, 0.1) is 5.82 Å². The molecule has 2 aromatic carbocycles. The normalized spacial score (nSPS) is 11.0. The molecule has 11 heteroatoms. The Kier molecular flexibility index (Phi) is 6.43. The first-order valence-electron chi connectivity index (χ1n) is 9.96. The monoisotopic (exact) mass is 511 g/mol. The summed E-state index contributed by atoms with van der Waals surface area (Å²) in [5.41, 5.74) is 1.58. The SMILES string of the molecule is O=C(Nc1ccc(F)cc1)c1csc(CSc2nnc(-c3ccco3)n2-c2cccc(Cl)c2)n1. The average molecular weight is 512 g/mol. The molecule has 0 aliphatic rings. The summed E-state index contributed by atoms with van der Waals surface area (Å²) in [6, 6.07) is 16.5. The summed E-state index contributed by atoms with van der Waals surface area (Å²) in [6.07, 6.45) is 1.58. The molecule has 3 heterocycles. The number of hydrogen-bond acceptors (Lipinski definition) is 7. The van der Waals surface area contributed by atoms with Crippen molar-refractivity contribution in [2.75, 3.05) is 5.32 Å². The van der Waals surface area contributed by atoms with E-state index in [0.717, 1.165) is 10.7 Å². The number of thioether (sulfide) groups is 1. The van der Waals surface area contributed by atoms with Crippen molar-refractivity contribution >= 4 is 46.3 Å². The highest BCUT2D eigenvalue weighted by Crippen LogP contribution is 2.31. The Balaban J connectivity index is 1.34. The number of nitrogens with zero attached hydrogens (tertiary/aromatic N) is 4. The number of hydrogen-bond donors (Lipinski definition) is 1. The molecule has 0 aliphatic carbocycles. The molecule has 7 nitrogen and oxygen atoms in total. The van der Waals surface area contributed by atoms with Gasteiger partial charge in [-0.3, -0.25) is 9.36 Å². The summed E-state index contributed by atoms with van der Waals surface area (Å²) >= 11 is 9.01. The predicted molar refractivity (Wildman–Crippen MR) is 130 cm³/mol. The number of aromatic nitrogens is 4. The van der Waals surface area contributed by atoms with Gasteiger partial charge in [-0.15, -0.1) is 21.5 Å². The molecule has 1 amide bonds. The van der Waals surface area contributed by atoms with Crippen LogP contribution in [0.15, 0.2) is 81.9 Å². The fourth-order valence-electron chi connectivity index (χ4n) is 3.11. The molecule has 5 rings (SSSR count). The molecule has 0 unspecified atom stereocenters. The smallest absolute Gasteiger partial charge is 0.275 e. The van der Waals surface area contributed by atoms with E-state index in [9.17, 15) is 9.18 Å². The van der Waals surface area contributed by atoms with Gasteiger partial charge in [0.05, 0.1) is 17.7 Å². The molecule has 5 aromatic rings. The molecule has 0 fully saturated rings. The van der Waals surface area contributed by atoms with Crippen molar-refractivity contribution in [3.63, 3.8) is 0 Å². The number of thiazole rings is 1. The van der Waals surface area contributed by atoms with Gasteiger partial charge in [-0.1, -0.05) is 29.4 Å². The molecule has 0 spiro atoms. The summed E-state index contributed by atoms with van der Waals surface area (Å²) < 4.78 is 20.5. The standard InChI is InChI=1S/C23H15ClFN5O2S2/c24-14-3-1-4-17(11-14)30-21(19-5-2-10-32-19)28-29-23(30)34-13-20-27-18(12-33-20)22(31)26-16-8-6-15(25)7-9-16/h1-12H,13H2,(H,26,31). The number of rotatable bonds is 7. The van der Waals surface area contributed by atoms with E-state index in [2.05, 4.69) is 20.5 Å². The summed E-state index contributed by atoms with van der Waals surface area (Å²) in [5, 5.41) is 15.0. The summed E-state index contributed by atoms with van der Waals surface area (Å²) in [7, 11) is 0. The first-order chi connectivity index (χ1) is 16.6. The maximum absolute atomic E-state index is 13.1. The predicted octanol–water partition coefficient (Wildman–Crippen LogP) is 6.32. The summed E-state index contributed by atoms with van der Waals surface area (Å²) in [5.74, 6) is 0.875. The second kappa shape index (κ2) is 9.80. The van der Waals surface area contributed by atoms with Gasteiger partial charge >= 0.3 is 0 Å². The van der Waals surface area contributed by atoms with E-state index in [1.54, 1.807) is 23.8 Å². The van der Waals surface area contributed by atoms with Gasteiger partial charge in [0.1, 0.15) is 16.5 Å². The Labute approximate surface area is 206 Å². The fraction of sp³-hybridized carbons (Fsp3) is 0.0435. The van der Waals surface area contributed by atoms with Gasteiger partial charge in [0.15, 0.2) is 10.9 Å². The third-order valence-corrected chi connectivity index (χ3v) is 6.86. The van der Waals surface area contributed by atoms with Crippen LogP contribution in [0.3, 0.4) is 0 Å². The van der Waals surface area contributed by atoms with Crippen LogP contribution in [0.25, 0.3) is 17.3 Å². The van der Waals surface area contributed by atoms with Crippen LogP contribution in [0.4, 0.5) is 10.1 Å². The molecular weight excluding hydrogens is 497 g/mol. The van der Waals surface area contributed by atoms with E-state index in [-0.39, 0.29) is 17.4 Å². The number of carbonyl (C=O) groups excluding carboxylic acids is 1. The number of anilines is 1. The third kappa shape index (κ3) is 4.89. The van der Waals surface area contributed by atoms with Crippen molar-refractivity contribution in [2.45, 2.75) is 10.9 Å². The van der Waals surface area contributed by atoms with Crippen LogP contribution in [-0.4, -0.2) is 25.7 Å². The Hall–Kier alpha value is -3.47. The largest absolute Gasteiger partial charge is 0.461 e. The minimum Gasteiger partial charge on any atom is -0.461 e. The third-order valence-electron chi connectivity index (χ3n) is 4.65. The zero-order valence-corrected chi connectivity index (χ0v) is 19.7. The Morgan fingerprint density at radius 2 is 2.00 bits per heavy atom. The number of halogens is 2. The topological polar surface area (TPSA) is 85.8 Å². The number of nitrogens with one attached hydrogen (secondary N) is 1. The van der Waals surface area contributed by atoms with E-state index in [1.165, 1.54) is 47.4 Å². The average Bonchev–Trinajstić information content (AvgIpc) is 3.59. The van der Waals surface area contributed by atoms with Crippen LogP contribution in [0.1, 0.15) is 15.5 Å². The van der Waals surface area contributed by atoms with Crippen LogP contribution in [0.5, 0.6) is 0 Å². The van der Waals surface area contributed by atoms with Crippen molar-refractivity contribution in [3.8, 4) is 17.3 Å². The second-order valence-electron chi connectivity index (χ2n) is 6.97. The summed E-state index contributed by atoms with van der Waals surface area (Å²) in [4.78, 5) is 16.9. The highest BCUT2D eigenvalue weighted by Gasteiger charge is 2.19. The maximum Gasteiger partial charge on any atom is 0.275 e. The van der Waals surface area contributed by atoms with Gasteiger partial charge in [-0.2, -0.15) is 0 Å². The molecule has 3 aromatic heterocycles. The van der Waals surface area contributed by atoms with E-state index >= 15 is 0 Å². The number of benzene rings is 2. The van der Waals surface area contributed by atoms with Gasteiger partial charge in [0.2, 0.25) is 5.82 Å². The van der Waals surface area contributed by atoms with Crippen molar-refractivity contribution in [2.24, 2.45) is 0 Å². The lowest BCUT2D eigenvalue weighted by Gasteiger charge is -2.09. The molecule has 0 saturated heterocycles. The van der Waals surface area contributed by atoms with Crippen molar-refractivity contribution in [1.29, 1.82) is 0 Å². The maximum atomic E-state index is 13.1. The van der Waals surface area contributed by atoms with Crippen LogP contribution in [0.2, 0.25) is 5.02 Å². The van der Waals surface area contributed by atoms with Gasteiger partial charge in [0, 0.05) is 16.1 Å². The van der Waals surface area contributed by atoms with Crippen LogP contribution in [-0.2, 0) is 5.75 Å². The molecule has 0 radical (unpaired) electrons. The van der Waals surface area contributed by atoms with Gasteiger partial charge < -0.3 is 9.73 Å². The zero-order chi connectivity index (χ0) is 23.5. The van der Waals surface area contributed by atoms with Crippen molar-refractivity contribution in [1.82, 2.24) is 19.7 Å².